The van der Waals surface area contributed by atoms with Gasteiger partial charge in [0.2, 0.25) is 5.91 Å². The van der Waals surface area contributed by atoms with Gasteiger partial charge in [-0.05, 0) is 42.2 Å². The number of benzene rings is 1. The van der Waals surface area contributed by atoms with E-state index in [9.17, 15) is 4.79 Å². The lowest BCUT2D eigenvalue weighted by atomic mass is 10.0. The molecule has 1 aromatic heterocycles. The van der Waals surface area contributed by atoms with E-state index in [1.165, 1.54) is 5.56 Å². The molecule has 2 heterocycles. The lowest BCUT2D eigenvalue weighted by Crippen LogP contribution is -2.39. The smallest absolute Gasteiger partial charge is 0.242 e. The molecule has 0 bridgehead atoms. The minimum Gasteiger partial charge on any atom is -0.325 e. The van der Waals surface area contributed by atoms with Gasteiger partial charge in [0.1, 0.15) is 6.04 Å². The SMILES string of the molecule is CCc1ccc(NC(=O)C2CC(c3cccnc3)NN2)cc1. The maximum absolute atomic E-state index is 12.3. The summed E-state index contributed by atoms with van der Waals surface area (Å²) in [5.41, 5.74) is 9.38. The van der Waals surface area contributed by atoms with Crippen LogP contribution in [-0.4, -0.2) is 16.9 Å². The van der Waals surface area contributed by atoms with E-state index >= 15 is 0 Å². The van der Waals surface area contributed by atoms with Crippen LogP contribution in [0, 0.1) is 0 Å². The van der Waals surface area contributed by atoms with Gasteiger partial charge >= 0.3 is 0 Å². The number of carbonyl (C=O) groups excluding carboxylic acids is 1. The third-order valence-electron chi connectivity index (χ3n) is 3.94. The van der Waals surface area contributed by atoms with Crippen LogP contribution < -0.4 is 16.2 Å². The lowest BCUT2D eigenvalue weighted by Gasteiger charge is -2.11. The minimum atomic E-state index is -0.254. The first-order valence-corrected chi connectivity index (χ1v) is 7.57. The summed E-state index contributed by atoms with van der Waals surface area (Å²) in [6, 6.07) is 11.7. The predicted octanol–water partition coefficient (Wildman–Crippen LogP) is 2.19. The molecule has 1 saturated heterocycles. The van der Waals surface area contributed by atoms with E-state index in [0.717, 1.165) is 17.7 Å². The van der Waals surface area contributed by atoms with Crippen LogP contribution in [0.25, 0.3) is 0 Å². The second kappa shape index (κ2) is 6.68. The Morgan fingerprint density at radius 3 is 2.77 bits per heavy atom. The van der Waals surface area contributed by atoms with Crippen molar-refractivity contribution < 1.29 is 4.79 Å². The van der Waals surface area contributed by atoms with E-state index in [-0.39, 0.29) is 18.0 Å². The maximum atomic E-state index is 12.3. The van der Waals surface area contributed by atoms with E-state index in [1.54, 1.807) is 6.20 Å². The molecule has 1 amide bonds. The van der Waals surface area contributed by atoms with Gasteiger partial charge in [-0.15, -0.1) is 0 Å². The van der Waals surface area contributed by atoms with Crippen LogP contribution in [0.5, 0.6) is 0 Å². The molecule has 22 heavy (non-hydrogen) atoms. The van der Waals surface area contributed by atoms with Gasteiger partial charge in [0.15, 0.2) is 0 Å². The number of hydrogen-bond acceptors (Lipinski definition) is 4. The largest absolute Gasteiger partial charge is 0.325 e. The molecule has 2 unspecified atom stereocenters. The van der Waals surface area contributed by atoms with Crippen LogP contribution in [0.4, 0.5) is 5.69 Å². The third-order valence-corrected chi connectivity index (χ3v) is 3.94. The van der Waals surface area contributed by atoms with Crippen LogP contribution in [0.15, 0.2) is 48.8 Å². The normalized spacial score (nSPS) is 20.8. The first-order valence-electron chi connectivity index (χ1n) is 7.57. The molecule has 3 rings (SSSR count). The second-order valence-corrected chi connectivity index (χ2v) is 5.46. The number of nitrogens with one attached hydrogen (secondary N) is 3. The third kappa shape index (κ3) is 3.32. The highest BCUT2D eigenvalue weighted by Crippen LogP contribution is 2.22. The van der Waals surface area contributed by atoms with Crippen molar-refractivity contribution in [3.05, 3.63) is 59.9 Å². The lowest BCUT2D eigenvalue weighted by molar-refractivity contribution is -0.117. The van der Waals surface area contributed by atoms with Crippen molar-refractivity contribution in [3.8, 4) is 0 Å². The van der Waals surface area contributed by atoms with Crippen LogP contribution in [0.1, 0.15) is 30.5 Å². The number of rotatable bonds is 4. The van der Waals surface area contributed by atoms with E-state index in [2.05, 4.69) is 28.1 Å². The number of aryl methyl sites for hydroxylation is 1. The quantitative estimate of drug-likeness (QED) is 0.809. The Labute approximate surface area is 130 Å². The Hall–Kier alpha value is -2.24. The molecule has 2 atom stereocenters. The molecule has 5 heteroatoms. The van der Waals surface area contributed by atoms with Crippen molar-refractivity contribution in [2.75, 3.05) is 5.32 Å². The number of pyridine rings is 1. The maximum Gasteiger partial charge on any atom is 0.242 e. The van der Waals surface area contributed by atoms with E-state index in [4.69, 9.17) is 0 Å². The highest BCUT2D eigenvalue weighted by molar-refractivity contribution is 5.95. The monoisotopic (exact) mass is 296 g/mol. The fourth-order valence-corrected chi connectivity index (χ4v) is 2.58. The summed E-state index contributed by atoms with van der Waals surface area (Å²) in [5, 5.41) is 2.95. The molecule has 0 spiro atoms. The molecule has 0 aliphatic carbocycles. The van der Waals surface area contributed by atoms with Gasteiger partial charge in [-0.3, -0.25) is 9.78 Å². The number of amides is 1. The molecule has 0 saturated carbocycles. The highest BCUT2D eigenvalue weighted by atomic mass is 16.2. The minimum absolute atomic E-state index is 0.0249. The highest BCUT2D eigenvalue weighted by Gasteiger charge is 2.30. The molecule has 3 N–H and O–H groups in total. The summed E-state index contributed by atoms with van der Waals surface area (Å²) in [5.74, 6) is -0.0249. The first kappa shape index (κ1) is 14.7. The molecule has 5 nitrogen and oxygen atoms in total. The Bertz CT molecular complexity index is 627. The van der Waals surface area contributed by atoms with Crippen molar-refractivity contribution >= 4 is 11.6 Å². The molecule has 1 aliphatic rings. The van der Waals surface area contributed by atoms with Gasteiger partial charge in [-0.25, -0.2) is 10.9 Å². The molecule has 1 aromatic carbocycles. The van der Waals surface area contributed by atoms with Crippen LogP contribution in [0.2, 0.25) is 0 Å². The van der Waals surface area contributed by atoms with Crippen molar-refractivity contribution in [3.63, 3.8) is 0 Å². The topological polar surface area (TPSA) is 66.0 Å². The fourth-order valence-electron chi connectivity index (χ4n) is 2.58. The van der Waals surface area contributed by atoms with Crippen molar-refractivity contribution in [2.24, 2.45) is 0 Å². The zero-order chi connectivity index (χ0) is 15.4. The van der Waals surface area contributed by atoms with Crippen molar-refractivity contribution in [1.29, 1.82) is 0 Å². The van der Waals surface area contributed by atoms with Gasteiger partial charge in [0, 0.05) is 24.1 Å². The predicted molar refractivity (Wildman–Crippen MR) is 86.1 cm³/mol. The standard InChI is InChI=1S/C17H20N4O/c1-2-12-5-7-14(8-6-12)19-17(22)16-10-15(20-21-16)13-4-3-9-18-11-13/h3-9,11,15-16,20-21H,2,10H2,1H3,(H,19,22). The van der Waals surface area contributed by atoms with E-state index < -0.39 is 0 Å². The number of nitrogens with zero attached hydrogens (tertiary/aromatic N) is 1. The number of hydrazine groups is 1. The van der Waals surface area contributed by atoms with Crippen LogP contribution in [-0.2, 0) is 11.2 Å². The second-order valence-electron chi connectivity index (χ2n) is 5.46. The van der Waals surface area contributed by atoms with Crippen molar-refractivity contribution in [1.82, 2.24) is 15.8 Å². The molecular weight excluding hydrogens is 276 g/mol. The summed E-state index contributed by atoms with van der Waals surface area (Å²) in [6.07, 6.45) is 5.26. The molecular formula is C17H20N4O. The number of aromatic nitrogens is 1. The summed E-state index contributed by atoms with van der Waals surface area (Å²) in [7, 11) is 0. The molecule has 1 fully saturated rings. The number of hydrogen-bond donors (Lipinski definition) is 3. The Balaban J connectivity index is 1.59. The zero-order valence-corrected chi connectivity index (χ0v) is 12.5. The van der Waals surface area contributed by atoms with Crippen molar-refractivity contribution in [2.45, 2.75) is 31.8 Å². The van der Waals surface area contributed by atoms with Crippen LogP contribution >= 0.6 is 0 Å². The summed E-state index contributed by atoms with van der Waals surface area (Å²) >= 11 is 0. The molecule has 114 valence electrons. The summed E-state index contributed by atoms with van der Waals surface area (Å²) in [6.45, 7) is 2.11. The number of anilines is 1. The summed E-state index contributed by atoms with van der Waals surface area (Å²) < 4.78 is 0. The Morgan fingerprint density at radius 1 is 1.27 bits per heavy atom. The molecule has 2 aromatic rings. The van der Waals surface area contributed by atoms with Crippen LogP contribution in [0.3, 0.4) is 0 Å². The fraction of sp³-hybridized carbons (Fsp3) is 0.294. The van der Waals surface area contributed by atoms with Gasteiger partial charge in [0.05, 0.1) is 0 Å². The first-order chi connectivity index (χ1) is 10.8. The van der Waals surface area contributed by atoms with E-state index in [0.29, 0.717) is 6.42 Å². The number of carbonyl (C=O) groups is 1. The van der Waals surface area contributed by atoms with E-state index in [1.807, 2.05) is 42.6 Å². The summed E-state index contributed by atoms with van der Waals surface area (Å²) in [4.78, 5) is 16.4. The Morgan fingerprint density at radius 2 is 2.09 bits per heavy atom. The molecule has 1 aliphatic heterocycles. The van der Waals surface area contributed by atoms with Gasteiger partial charge in [0.25, 0.3) is 0 Å². The average molecular weight is 296 g/mol. The molecule has 0 radical (unpaired) electrons. The Kier molecular flexibility index (Phi) is 4.46. The zero-order valence-electron chi connectivity index (χ0n) is 12.5. The average Bonchev–Trinajstić information content (AvgIpc) is 3.06. The van der Waals surface area contributed by atoms with Gasteiger partial charge in [-0.2, -0.15) is 0 Å². The van der Waals surface area contributed by atoms with Gasteiger partial charge in [-0.1, -0.05) is 25.1 Å². The van der Waals surface area contributed by atoms with Gasteiger partial charge < -0.3 is 5.32 Å².